The third-order valence-corrected chi connectivity index (χ3v) is 6.15. The molecule has 0 spiro atoms. The van der Waals surface area contributed by atoms with Crippen molar-refractivity contribution in [3.63, 3.8) is 0 Å². The number of amides is 1. The Kier molecular flexibility index (Phi) is 7.17. The first-order chi connectivity index (χ1) is 15.4. The highest BCUT2D eigenvalue weighted by Crippen LogP contribution is 2.29. The van der Waals surface area contributed by atoms with Gasteiger partial charge in [-0.15, -0.1) is 0 Å². The van der Waals surface area contributed by atoms with Crippen molar-refractivity contribution in [2.45, 2.75) is 51.9 Å². The molecule has 178 valence electrons. The van der Waals surface area contributed by atoms with Crippen LogP contribution >= 0.6 is 0 Å². The largest absolute Gasteiger partial charge is 0.331 e. The zero-order valence-corrected chi connectivity index (χ0v) is 20.1. The van der Waals surface area contributed by atoms with Gasteiger partial charge in [-0.1, -0.05) is 12.1 Å². The number of benzene rings is 1. The third kappa shape index (κ3) is 5.93. The molecule has 2 heterocycles. The Morgan fingerprint density at radius 3 is 2.55 bits per heavy atom. The van der Waals surface area contributed by atoms with E-state index in [4.69, 9.17) is 0 Å². The Hall–Kier alpha value is -2.87. The van der Waals surface area contributed by atoms with Gasteiger partial charge in [-0.05, 0) is 57.7 Å². The molecule has 1 N–H and O–H groups in total. The summed E-state index contributed by atoms with van der Waals surface area (Å²) in [6.07, 6.45) is 3.52. The number of aliphatic imine (C=N–C) groups is 1. The van der Waals surface area contributed by atoms with Crippen molar-refractivity contribution >= 4 is 18.7 Å². The van der Waals surface area contributed by atoms with Crippen LogP contribution in [0, 0.1) is 13.8 Å². The number of hydrogen-bond donors (Lipinski definition) is 1. The van der Waals surface area contributed by atoms with Crippen LogP contribution in [0.5, 0.6) is 0 Å². The van der Waals surface area contributed by atoms with Gasteiger partial charge in [-0.25, -0.2) is 18.8 Å². The molecular weight excluding hydrogens is 424 g/mol. The molecule has 3 rings (SSSR count). The van der Waals surface area contributed by atoms with Crippen molar-refractivity contribution in [3.8, 4) is 11.3 Å². The van der Waals surface area contributed by atoms with Gasteiger partial charge in [0.05, 0.1) is 11.9 Å². The molecule has 1 aromatic heterocycles. The maximum atomic E-state index is 15.4. The lowest BCUT2D eigenvalue weighted by Gasteiger charge is -2.37. The highest BCUT2D eigenvalue weighted by molar-refractivity contribution is 5.87. The SMILES string of the molecule is C=N/C(=C\c1cc(-c2cnc(C)n2C)ccc1C)NC(=O)C1(F)CCN(CC(C)(C)F)CC1. The Morgan fingerprint density at radius 1 is 1.33 bits per heavy atom. The smallest absolute Gasteiger partial charge is 0.263 e. The summed E-state index contributed by atoms with van der Waals surface area (Å²) in [5, 5.41) is 2.60. The van der Waals surface area contributed by atoms with Crippen molar-refractivity contribution in [2.75, 3.05) is 19.6 Å². The average molecular weight is 458 g/mol. The first kappa shape index (κ1) is 24.8. The molecule has 1 aromatic carbocycles. The van der Waals surface area contributed by atoms with Gasteiger partial charge in [-0.3, -0.25) is 9.69 Å². The maximum Gasteiger partial charge on any atom is 0.263 e. The van der Waals surface area contributed by atoms with Crippen LogP contribution in [0.2, 0.25) is 0 Å². The molecule has 0 aliphatic carbocycles. The first-order valence-corrected chi connectivity index (χ1v) is 11.1. The van der Waals surface area contributed by atoms with Crippen LogP contribution < -0.4 is 5.32 Å². The highest BCUT2D eigenvalue weighted by atomic mass is 19.1. The van der Waals surface area contributed by atoms with Gasteiger partial charge < -0.3 is 9.88 Å². The molecule has 0 radical (unpaired) electrons. The van der Waals surface area contributed by atoms with E-state index in [-0.39, 0.29) is 25.2 Å². The molecule has 1 aliphatic rings. The zero-order chi connectivity index (χ0) is 24.4. The molecule has 6 nitrogen and oxygen atoms in total. The summed E-state index contributed by atoms with van der Waals surface area (Å²) in [5.74, 6) is 0.347. The van der Waals surface area contributed by atoms with Crippen LogP contribution in [0.3, 0.4) is 0 Å². The van der Waals surface area contributed by atoms with Crippen molar-refractivity contribution in [3.05, 3.63) is 47.2 Å². The van der Waals surface area contributed by atoms with E-state index in [1.54, 1.807) is 6.08 Å². The predicted octanol–water partition coefficient (Wildman–Crippen LogP) is 4.37. The summed E-state index contributed by atoms with van der Waals surface area (Å²) in [5.41, 5.74) is 0.359. The fraction of sp³-hybridized carbons (Fsp3) is 0.480. The summed E-state index contributed by atoms with van der Waals surface area (Å²) in [4.78, 5) is 22.9. The lowest BCUT2D eigenvalue weighted by Crippen LogP contribution is -2.52. The minimum atomic E-state index is -2.02. The summed E-state index contributed by atoms with van der Waals surface area (Å²) in [6, 6.07) is 5.96. The molecule has 0 saturated carbocycles. The molecule has 8 heteroatoms. The first-order valence-electron chi connectivity index (χ1n) is 11.1. The van der Waals surface area contributed by atoms with Gasteiger partial charge in [0.2, 0.25) is 0 Å². The molecule has 0 atom stereocenters. The number of carbonyl (C=O) groups is 1. The number of rotatable bonds is 7. The number of halogens is 2. The van der Waals surface area contributed by atoms with E-state index in [0.717, 1.165) is 28.2 Å². The van der Waals surface area contributed by atoms with Gasteiger partial charge in [0.1, 0.15) is 17.3 Å². The quantitative estimate of drug-likeness (QED) is 0.628. The van der Waals surface area contributed by atoms with Gasteiger partial charge in [-0.2, -0.15) is 0 Å². The molecule has 1 aliphatic heterocycles. The topological polar surface area (TPSA) is 62.5 Å². The second-order valence-corrected chi connectivity index (χ2v) is 9.42. The predicted molar refractivity (Wildman–Crippen MR) is 128 cm³/mol. The second kappa shape index (κ2) is 9.55. The third-order valence-electron chi connectivity index (χ3n) is 6.15. The number of aryl methyl sites for hydroxylation is 2. The molecule has 33 heavy (non-hydrogen) atoms. The number of nitrogens with one attached hydrogen (secondary N) is 1. The van der Waals surface area contributed by atoms with Gasteiger partial charge in [0.25, 0.3) is 5.91 Å². The number of alkyl halides is 2. The van der Waals surface area contributed by atoms with E-state index in [1.807, 2.05) is 54.8 Å². The fourth-order valence-corrected chi connectivity index (χ4v) is 4.05. The lowest BCUT2D eigenvalue weighted by molar-refractivity contribution is -0.135. The number of nitrogens with zero attached hydrogens (tertiary/aromatic N) is 4. The monoisotopic (exact) mass is 457 g/mol. The van der Waals surface area contributed by atoms with E-state index in [9.17, 15) is 9.18 Å². The van der Waals surface area contributed by atoms with Crippen LogP contribution in [0.15, 0.2) is 35.2 Å². The Morgan fingerprint density at radius 2 is 2.00 bits per heavy atom. The number of piperidine rings is 1. The molecular formula is C25H33F2N5O. The Balaban J connectivity index is 1.75. The molecule has 0 unspecified atom stereocenters. The molecule has 0 bridgehead atoms. The molecule has 1 fully saturated rings. The summed E-state index contributed by atoms with van der Waals surface area (Å²) < 4.78 is 31.3. The van der Waals surface area contributed by atoms with Crippen LogP contribution in [0.1, 0.15) is 43.6 Å². The zero-order valence-electron chi connectivity index (χ0n) is 20.1. The standard InChI is InChI=1S/C25H33F2N5O/c1-17-7-8-19(21-15-29-18(2)31(21)6)13-20(17)14-22(28-5)30-23(33)25(27)9-11-32(12-10-25)16-24(3,4)26/h7-8,13-15H,5,9-12,16H2,1-4,6H3,(H,30,33)/b22-14+. The van der Waals surface area contributed by atoms with E-state index >= 15 is 4.39 Å². The van der Waals surface area contributed by atoms with Crippen molar-refractivity contribution in [2.24, 2.45) is 12.0 Å². The van der Waals surface area contributed by atoms with Crippen LogP contribution in [0.25, 0.3) is 17.3 Å². The number of aromatic nitrogens is 2. The summed E-state index contributed by atoms with van der Waals surface area (Å²) in [6.45, 7) is 11.3. The molecule has 1 saturated heterocycles. The fourth-order valence-electron chi connectivity index (χ4n) is 4.05. The van der Waals surface area contributed by atoms with E-state index in [2.05, 4.69) is 22.0 Å². The number of imidazole rings is 1. The van der Waals surface area contributed by atoms with Crippen molar-refractivity contribution < 1.29 is 13.6 Å². The minimum absolute atomic E-state index is 0.00763. The van der Waals surface area contributed by atoms with E-state index in [1.165, 1.54) is 13.8 Å². The van der Waals surface area contributed by atoms with Crippen molar-refractivity contribution in [1.82, 2.24) is 19.8 Å². The molecule has 2 aromatic rings. The van der Waals surface area contributed by atoms with Gasteiger partial charge >= 0.3 is 0 Å². The van der Waals surface area contributed by atoms with Crippen LogP contribution in [-0.2, 0) is 11.8 Å². The average Bonchev–Trinajstić information content (AvgIpc) is 3.08. The van der Waals surface area contributed by atoms with Crippen LogP contribution in [-0.4, -0.2) is 58.0 Å². The van der Waals surface area contributed by atoms with Gasteiger partial charge in [0, 0.05) is 45.1 Å². The Bertz CT molecular complexity index is 1060. The second-order valence-electron chi connectivity index (χ2n) is 9.42. The van der Waals surface area contributed by atoms with Crippen molar-refractivity contribution in [1.29, 1.82) is 0 Å². The summed E-state index contributed by atoms with van der Waals surface area (Å²) in [7, 11) is 1.95. The highest BCUT2D eigenvalue weighted by Gasteiger charge is 2.42. The maximum absolute atomic E-state index is 15.4. The van der Waals surface area contributed by atoms with E-state index < -0.39 is 17.2 Å². The number of hydrogen-bond acceptors (Lipinski definition) is 4. The molecule has 1 amide bonds. The van der Waals surface area contributed by atoms with Crippen LogP contribution in [0.4, 0.5) is 8.78 Å². The summed E-state index contributed by atoms with van der Waals surface area (Å²) >= 11 is 0. The number of carbonyl (C=O) groups excluding carboxylic acids is 1. The van der Waals surface area contributed by atoms with Gasteiger partial charge in [0.15, 0.2) is 5.67 Å². The Labute approximate surface area is 194 Å². The normalized spacial score (nSPS) is 17.1. The number of likely N-dealkylation sites (tertiary alicyclic amines) is 1. The lowest BCUT2D eigenvalue weighted by atomic mass is 9.91. The minimum Gasteiger partial charge on any atom is -0.331 e. The van der Waals surface area contributed by atoms with E-state index in [0.29, 0.717) is 13.1 Å².